The van der Waals surface area contributed by atoms with Crippen molar-refractivity contribution in [3.05, 3.63) is 17.6 Å². The largest absolute Gasteiger partial charge is 0.369 e. The maximum absolute atomic E-state index is 4.63. The zero-order valence-electron chi connectivity index (χ0n) is 12.5. The van der Waals surface area contributed by atoms with Crippen LogP contribution in [0, 0.1) is 6.92 Å². The molecule has 1 aromatic heterocycles. The molecule has 0 spiro atoms. The van der Waals surface area contributed by atoms with Crippen LogP contribution in [-0.4, -0.2) is 27.5 Å². The van der Waals surface area contributed by atoms with Crippen molar-refractivity contribution < 1.29 is 0 Å². The third-order valence-corrected chi connectivity index (χ3v) is 5.35. The minimum Gasteiger partial charge on any atom is -0.369 e. The zero-order valence-corrected chi connectivity index (χ0v) is 13.3. The van der Waals surface area contributed by atoms with Gasteiger partial charge in [-0.15, -0.1) is 0 Å². The molecule has 106 valence electrons. The summed E-state index contributed by atoms with van der Waals surface area (Å²) in [5.74, 6) is 2.30. The van der Waals surface area contributed by atoms with E-state index in [1.165, 1.54) is 25.7 Å². The van der Waals surface area contributed by atoms with E-state index in [9.17, 15) is 0 Å². The number of nitrogens with zero attached hydrogens (tertiary/aromatic N) is 2. The zero-order chi connectivity index (χ0) is 13.9. The van der Waals surface area contributed by atoms with E-state index in [0.717, 1.165) is 23.9 Å². The molecule has 1 aromatic rings. The Morgan fingerprint density at radius 1 is 1.32 bits per heavy atom. The van der Waals surface area contributed by atoms with E-state index in [0.29, 0.717) is 10.7 Å². The molecule has 1 aliphatic carbocycles. The summed E-state index contributed by atoms with van der Waals surface area (Å²) in [4.78, 5) is 9.12. The highest BCUT2D eigenvalue weighted by molar-refractivity contribution is 8.00. The van der Waals surface area contributed by atoms with Crippen molar-refractivity contribution in [2.45, 2.75) is 57.1 Å². The molecule has 1 N–H and O–H groups in total. The first kappa shape index (κ1) is 14.6. The van der Waals surface area contributed by atoms with Gasteiger partial charge in [-0.3, -0.25) is 0 Å². The minimum atomic E-state index is 0.376. The highest BCUT2D eigenvalue weighted by Crippen LogP contribution is 2.40. The molecule has 19 heavy (non-hydrogen) atoms. The summed E-state index contributed by atoms with van der Waals surface area (Å²) < 4.78 is 0.414. The SMILES string of the molecule is CSC1(CNc2cc(C)nc(C(C)C)n2)CCCC1. The number of hydrogen-bond acceptors (Lipinski definition) is 4. The molecule has 0 bridgehead atoms. The van der Waals surface area contributed by atoms with Crippen LogP contribution in [0.5, 0.6) is 0 Å². The molecule has 0 amide bonds. The maximum atomic E-state index is 4.63. The molecule has 0 aromatic carbocycles. The van der Waals surface area contributed by atoms with Crippen LogP contribution in [0.4, 0.5) is 5.82 Å². The first-order valence-corrected chi connectivity index (χ1v) is 8.42. The van der Waals surface area contributed by atoms with Crippen molar-refractivity contribution in [1.29, 1.82) is 0 Å². The molecule has 0 atom stereocenters. The Morgan fingerprint density at radius 2 is 2.00 bits per heavy atom. The number of anilines is 1. The molecule has 0 unspecified atom stereocenters. The third-order valence-electron chi connectivity index (χ3n) is 3.93. The Bertz CT molecular complexity index is 425. The fourth-order valence-corrected chi connectivity index (χ4v) is 3.58. The number of thioether (sulfide) groups is 1. The fraction of sp³-hybridized carbons (Fsp3) is 0.733. The predicted molar refractivity (Wildman–Crippen MR) is 84.1 cm³/mol. The lowest BCUT2D eigenvalue weighted by Gasteiger charge is -2.27. The smallest absolute Gasteiger partial charge is 0.133 e. The second kappa shape index (κ2) is 6.12. The van der Waals surface area contributed by atoms with Gasteiger partial charge >= 0.3 is 0 Å². The minimum absolute atomic E-state index is 0.376. The fourth-order valence-electron chi connectivity index (χ4n) is 2.66. The second-order valence-corrected chi connectivity index (χ2v) is 7.13. The van der Waals surface area contributed by atoms with Crippen LogP contribution in [-0.2, 0) is 0 Å². The van der Waals surface area contributed by atoms with Crippen LogP contribution in [0.25, 0.3) is 0 Å². The standard InChI is InChI=1S/C15H25N3S/c1-11(2)14-17-12(3)9-13(18-14)16-10-15(19-4)7-5-6-8-15/h9,11H,5-8,10H2,1-4H3,(H,16,17,18). The highest BCUT2D eigenvalue weighted by atomic mass is 32.2. The monoisotopic (exact) mass is 279 g/mol. The number of aromatic nitrogens is 2. The second-order valence-electron chi connectivity index (χ2n) is 5.86. The van der Waals surface area contributed by atoms with Gasteiger partial charge in [-0.1, -0.05) is 26.7 Å². The first-order chi connectivity index (χ1) is 9.04. The van der Waals surface area contributed by atoms with Crippen LogP contribution in [0.3, 0.4) is 0 Å². The molecular weight excluding hydrogens is 254 g/mol. The Labute approximate surface area is 121 Å². The average molecular weight is 279 g/mol. The van der Waals surface area contributed by atoms with Crippen molar-refractivity contribution in [2.75, 3.05) is 18.1 Å². The van der Waals surface area contributed by atoms with Gasteiger partial charge in [-0.2, -0.15) is 11.8 Å². The van der Waals surface area contributed by atoms with Crippen LogP contribution < -0.4 is 5.32 Å². The van der Waals surface area contributed by atoms with Crippen molar-refractivity contribution in [3.8, 4) is 0 Å². The Kier molecular flexibility index (Phi) is 4.71. The van der Waals surface area contributed by atoms with Gasteiger partial charge in [-0.05, 0) is 26.0 Å². The van der Waals surface area contributed by atoms with E-state index in [-0.39, 0.29) is 0 Å². The van der Waals surface area contributed by atoms with Gasteiger partial charge < -0.3 is 5.32 Å². The number of nitrogens with one attached hydrogen (secondary N) is 1. The summed E-state index contributed by atoms with van der Waals surface area (Å²) >= 11 is 2.01. The summed E-state index contributed by atoms with van der Waals surface area (Å²) in [5.41, 5.74) is 1.05. The molecule has 1 aliphatic rings. The lowest BCUT2D eigenvalue weighted by atomic mass is 10.1. The van der Waals surface area contributed by atoms with Gasteiger partial charge in [0, 0.05) is 29.0 Å². The van der Waals surface area contributed by atoms with Crippen molar-refractivity contribution >= 4 is 17.6 Å². The van der Waals surface area contributed by atoms with Gasteiger partial charge in [0.2, 0.25) is 0 Å². The summed E-state index contributed by atoms with van der Waals surface area (Å²) in [6.07, 6.45) is 7.60. The number of aryl methyl sites for hydroxylation is 1. The van der Waals surface area contributed by atoms with E-state index >= 15 is 0 Å². The Hall–Kier alpha value is -0.770. The molecule has 0 saturated heterocycles. The van der Waals surface area contributed by atoms with Gasteiger partial charge in [0.1, 0.15) is 11.6 Å². The van der Waals surface area contributed by atoms with E-state index in [1.54, 1.807) is 0 Å². The molecule has 0 aliphatic heterocycles. The maximum Gasteiger partial charge on any atom is 0.133 e. The summed E-state index contributed by atoms with van der Waals surface area (Å²) in [6.45, 7) is 7.33. The van der Waals surface area contributed by atoms with E-state index in [2.05, 4.69) is 41.5 Å². The molecule has 0 radical (unpaired) electrons. The summed E-state index contributed by atoms with van der Waals surface area (Å²) in [6, 6.07) is 2.05. The van der Waals surface area contributed by atoms with Crippen molar-refractivity contribution in [1.82, 2.24) is 9.97 Å². The molecule has 2 rings (SSSR count). The predicted octanol–water partition coefficient (Wildman–Crippen LogP) is 4.00. The van der Waals surface area contributed by atoms with Gasteiger partial charge in [0.15, 0.2) is 0 Å². The molecule has 1 saturated carbocycles. The van der Waals surface area contributed by atoms with Crippen LogP contribution in [0.1, 0.15) is 57.0 Å². The van der Waals surface area contributed by atoms with Crippen LogP contribution >= 0.6 is 11.8 Å². The average Bonchev–Trinajstić information content (AvgIpc) is 2.85. The Morgan fingerprint density at radius 3 is 2.58 bits per heavy atom. The molecule has 3 nitrogen and oxygen atoms in total. The molecular formula is C15H25N3S. The molecule has 4 heteroatoms. The quantitative estimate of drug-likeness (QED) is 0.884. The van der Waals surface area contributed by atoms with E-state index < -0.39 is 0 Å². The van der Waals surface area contributed by atoms with Gasteiger partial charge in [-0.25, -0.2) is 9.97 Å². The van der Waals surface area contributed by atoms with E-state index in [1.807, 2.05) is 18.7 Å². The van der Waals surface area contributed by atoms with Gasteiger partial charge in [0.25, 0.3) is 0 Å². The first-order valence-electron chi connectivity index (χ1n) is 7.19. The summed E-state index contributed by atoms with van der Waals surface area (Å²) in [7, 11) is 0. The van der Waals surface area contributed by atoms with Gasteiger partial charge in [0.05, 0.1) is 0 Å². The Balaban J connectivity index is 2.06. The van der Waals surface area contributed by atoms with Crippen LogP contribution in [0.15, 0.2) is 6.07 Å². The highest BCUT2D eigenvalue weighted by Gasteiger charge is 2.32. The summed E-state index contributed by atoms with van der Waals surface area (Å²) in [5, 5.41) is 3.54. The third kappa shape index (κ3) is 3.62. The molecule has 1 fully saturated rings. The van der Waals surface area contributed by atoms with Crippen molar-refractivity contribution in [3.63, 3.8) is 0 Å². The van der Waals surface area contributed by atoms with Crippen molar-refractivity contribution in [2.24, 2.45) is 0 Å². The van der Waals surface area contributed by atoms with E-state index in [4.69, 9.17) is 0 Å². The number of hydrogen-bond donors (Lipinski definition) is 1. The number of rotatable bonds is 5. The lowest BCUT2D eigenvalue weighted by molar-refractivity contribution is 0.637. The van der Waals surface area contributed by atoms with Crippen LogP contribution in [0.2, 0.25) is 0 Å². The lowest BCUT2D eigenvalue weighted by Crippen LogP contribution is -2.30. The topological polar surface area (TPSA) is 37.8 Å². The normalized spacial score (nSPS) is 17.9. The molecule has 1 heterocycles.